The van der Waals surface area contributed by atoms with Crippen molar-refractivity contribution in [1.29, 1.82) is 0 Å². The first-order valence-electron chi connectivity index (χ1n) is 7.22. The van der Waals surface area contributed by atoms with Gasteiger partial charge in [-0.1, -0.05) is 0 Å². The van der Waals surface area contributed by atoms with E-state index in [9.17, 15) is 4.79 Å². The van der Waals surface area contributed by atoms with Gasteiger partial charge in [-0.3, -0.25) is 4.90 Å². The number of rotatable bonds is 2. The van der Waals surface area contributed by atoms with Gasteiger partial charge >= 0.3 is 5.97 Å². The third-order valence-corrected chi connectivity index (χ3v) is 4.62. The summed E-state index contributed by atoms with van der Waals surface area (Å²) >= 11 is 0. The van der Waals surface area contributed by atoms with E-state index < -0.39 is 5.97 Å². The fourth-order valence-corrected chi connectivity index (χ4v) is 3.16. The lowest BCUT2D eigenvalue weighted by Crippen LogP contribution is -2.63. The third-order valence-electron chi connectivity index (χ3n) is 4.62. The lowest BCUT2D eigenvalue weighted by atomic mass is 9.86. The zero-order chi connectivity index (χ0) is 14.9. The molecule has 1 aromatic heterocycles. The van der Waals surface area contributed by atoms with Gasteiger partial charge in [0.2, 0.25) is 0 Å². The van der Waals surface area contributed by atoms with Crippen LogP contribution in [0.3, 0.4) is 0 Å². The number of piperazine rings is 1. The molecule has 2 aliphatic heterocycles. The van der Waals surface area contributed by atoms with E-state index in [0.717, 1.165) is 51.5 Å². The van der Waals surface area contributed by atoms with Crippen LogP contribution in [0.1, 0.15) is 23.3 Å². The molecule has 0 atom stereocenters. The maximum Gasteiger partial charge on any atom is 0.356 e. The molecule has 1 aromatic rings. The van der Waals surface area contributed by atoms with Crippen molar-refractivity contribution in [2.75, 3.05) is 44.8 Å². The molecule has 21 heavy (non-hydrogen) atoms. The summed E-state index contributed by atoms with van der Waals surface area (Å²) in [6.07, 6.45) is 2.03. The average molecular weight is 292 g/mol. The average Bonchev–Trinajstić information content (AvgIpc) is 2.51. The second-order valence-electron chi connectivity index (χ2n) is 5.76. The zero-order valence-corrected chi connectivity index (χ0v) is 12.2. The number of hydrogen-bond acceptors (Lipinski definition) is 6. The highest BCUT2D eigenvalue weighted by Crippen LogP contribution is 2.32. The molecule has 0 amide bonds. The summed E-state index contributed by atoms with van der Waals surface area (Å²) in [5, 5.41) is 16.7. The molecule has 3 rings (SSSR count). The fraction of sp³-hybridized carbons (Fsp3) is 0.643. The number of carboxylic acids is 1. The number of anilines is 1. The molecule has 1 spiro atoms. The molecule has 2 aliphatic rings. The third kappa shape index (κ3) is 2.71. The Morgan fingerprint density at radius 2 is 2.05 bits per heavy atom. The minimum absolute atomic E-state index is 0.0198. The van der Waals surface area contributed by atoms with Crippen LogP contribution in [0.15, 0.2) is 12.1 Å². The van der Waals surface area contributed by atoms with E-state index in [-0.39, 0.29) is 11.2 Å². The van der Waals surface area contributed by atoms with E-state index in [1.54, 1.807) is 6.07 Å². The molecule has 0 radical (unpaired) electrons. The SMILES string of the molecule is CN1CCN(c2ccc(C(=O)O)nn2)CC12CCOCC2. The maximum absolute atomic E-state index is 10.8. The Balaban J connectivity index is 1.78. The first-order chi connectivity index (χ1) is 10.1. The number of hydrogen-bond donors (Lipinski definition) is 1. The number of carboxylic acid groups (broad SMARTS) is 1. The van der Waals surface area contributed by atoms with Gasteiger partial charge in [0, 0.05) is 38.4 Å². The molecule has 0 bridgehead atoms. The molecule has 1 N–H and O–H groups in total. The van der Waals surface area contributed by atoms with Crippen LogP contribution in [-0.2, 0) is 4.74 Å². The molecule has 0 unspecified atom stereocenters. The summed E-state index contributed by atoms with van der Waals surface area (Å²) in [4.78, 5) is 15.5. The van der Waals surface area contributed by atoms with Crippen molar-refractivity contribution in [3.8, 4) is 0 Å². The Morgan fingerprint density at radius 1 is 1.29 bits per heavy atom. The van der Waals surface area contributed by atoms with Crippen LogP contribution in [0.5, 0.6) is 0 Å². The van der Waals surface area contributed by atoms with Crippen molar-refractivity contribution in [3.63, 3.8) is 0 Å². The minimum Gasteiger partial charge on any atom is -0.476 e. The van der Waals surface area contributed by atoms with Gasteiger partial charge in [-0.05, 0) is 32.0 Å². The van der Waals surface area contributed by atoms with E-state index >= 15 is 0 Å². The summed E-state index contributed by atoms with van der Waals surface area (Å²) in [7, 11) is 2.17. The minimum atomic E-state index is -1.05. The van der Waals surface area contributed by atoms with Crippen molar-refractivity contribution in [3.05, 3.63) is 17.8 Å². The van der Waals surface area contributed by atoms with Crippen LogP contribution < -0.4 is 4.90 Å². The Labute approximate surface area is 123 Å². The Bertz CT molecular complexity index is 513. The predicted molar refractivity (Wildman–Crippen MR) is 76.6 cm³/mol. The number of likely N-dealkylation sites (N-methyl/N-ethyl adjacent to an activating group) is 1. The van der Waals surface area contributed by atoms with E-state index in [2.05, 4.69) is 27.0 Å². The standard InChI is InChI=1S/C14H20N4O3/c1-17-6-7-18(10-14(17)4-8-21-9-5-14)12-3-2-11(13(19)20)15-16-12/h2-3H,4-10H2,1H3,(H,19,20). The summed E-state index contributed by atoms with van der Waals surface area (Å²) in [6, 6.07) is 3.26. The number of nitrogens with zero attached hydrogens (tertiary/aromatic N) is 4. The molecule has 2 saturated heterocycles. The second kappa shape index (κ2) is 5.57. The Morgan fingerprint density at radius 3 is 2.67 bits per heavy atom. The van der Waals surface area contributed by atoms with Crippen LogP contribution in [0.25, 0.3) is 0 Å². The molecule has 114 valence electrons. The molecule has 7 nitrogen and oxygen atoms in total. The molecule has 2 fully saturated rings. The van der Waals surface area contributed by atoms with E-state index in [1.165, 1.54) is 6.07 Å². The number of carbonyl (C=O) groups is 1. The van der Waals surface area contributed by atoms with Gasteiger partial charge in [0.15, 0.2) is 11.5 Å². The highest BCUT2D eigenvalue weighted by Gasteiger charge is 2.41. The molecule has 0 aromatic carbocycles. The normalized spacial score (nSPS) is 22.4. The van der Waals surface area contributed by atoms with Crippen LogP contribution in [0.4, 0.5) is 5.82 Å². The van der Waals surface area contributed by atoms with Gasteiger partial charge in [-0.15, -0.1) is 10.2 Å². The summed E-state index contributed by atoms with van der Waals surface area (Å²) in [5.41, 5.74) is 0.109. The van der Waals surface area contributed by atoms with Crippen molar-refractivity contribution >= 4 is 11.8 Å². The quantitative estimate of drug-likeness (QED) is 0.849. The summed E-state index contributed by atoms with van der Waals surface area (Å²) in [6.45, 7) is 4.31. The van der Waals surface area contributed by atoms with Gasteiger partial charge < -0.3 is 14.7 Å². The zero-order valence-electron chi connectivity index (χ0n) is 12.2. The van der Waals surface area contributed by atoms with E-state index in [0.29, 0.717) is 0 Å². The van der Waals surface area contributed by atoms with Gasteiger partial charge in [-0.25, -0.2) is 4.79 Å². The number of aromatic nitrogens is 2. The fourth-order valence-electron chi connectivity index (χ4n) is 3.16. The molecule has 0 aliphatic carbocycles. The lowest BCUT2D eigenvalue weighted by molar-refractivity contribution is -0.0221. The number of aromatic carboxylic acids is 1. The first kappa shape index (κ1) is 14.2. The van der Waals surface area contributed by atoms with E-state index in [4.69, 9.17) is 9.84 Å². The summed E-state index contributed by atoms with van der Waals surface area (Å²) in [5.74, 6) is -0.299. The lowest BCUT2D eigenvalue weighted by Gasteiger charge is -2.51. The van der Waals surface area contributed by atoms with Crippen LogP contribution in [0, 0.1) is 0 Å². The molecular formula is C14H20N4O3. The number of ether oxygens (including phenoxy) is 1. The van der Waals surface area contributed by atoms with Crippen LogP contribution >= 0.6 is 0 Å². The largest absolute Gasteiger partial charge is 0.476 e. The van der Waals surface area contributed by atoms with Crippen molar-refractivity contribution in [2.24, 2.45) is 0 Å². The highest BCUT2D eigenvalue weighted by atomic mass is 16.5. The van der Waals surface area contributed by atoms with Gasteiger partial charge in [0.25, 0.3) is 0 Å². The van der Waals surface area contributed by atoms with Crippen molar-refractivity contribution in [1.82, 2.24) is 15.1 Å². The van der Waals surface area contributed by atoms with Gasteiger partial charge in [0.05, 0.1) is 0 Å². The second-order valence-corrected chi connectivity index (χ2v) is 5.76. The molecular weight excluding hydrogens is 272 g/mol. The topological polar surface area (TPSA) is 78.8 Å². The van der Waals surface area contributed by atoms with Gasteiger partial charge in [0.1, 0.15) is 0 Å². The monoisotopic (exact) mass is 292 g/mol. The van der Waals surface area contributed by atoms with Crippen molar-refractivity contribution in [2.45, 2.75) is 18.4 Å². The van der Waals surface area contributed by atoms with E-state index in [1.807, 2.05) is 0 Å². The van der Waals surface area contributed by atoms with Crippen LogP contribution in [-0.4, -0.2) is 71.6 Å². The first-order valence-corrected chi connectivity index (χ1v) is 7.22. The smallest absolute Gasteiger partial charge is 0.356 e. The van der Waals surface area contributed by atoms with Crippen LogP contribution in [0.2, 0.25) is 0 Å². The molecule has 0 saturated carbocycles. The highest BCUT2D eigenvalue weighted by molar-refractivity contribution is 5.85. The van der Waals surface area contributed by atoms with Crippen molar-refractivity contribution < 1.29 is 14.6 Å². The Hall–Kier alpha value is -1.73. The molecule has 3 heterocycles. The maximum atomic E-state index is 10.8. The summed E-state index contributed by atoms with van der Waals surface area (Å²) < 4.78 is 5.49. The predicted octanol–water partition coefficient (Wildman–Crippen LogP) is 0.476. The molecule has 7 heteroatoms. The Kier molecular flexibility index (Phi) is 3.77. The van der Waals surface area contributed by atoms with Gasteiger partial charge in [-0.2, -0.15) is 0 Å².